The minimum Gasteiger partial charge on any atom is -0.497 e. The lowest BCUT2D eigenvalue weighted by Gasteiger charge is -2.16. The summed E-state index contributed by atoms with van der Waals surface area (Å²) < 4.78 is 8.33. The van der Waals surface area contributed by atoms with E-state index in [0.29, 0.717) is 11.4 Å². The average molecular weight is 484 g/mol. The Balaban J connectivity index is 1.78. The molecular weight excluding hydrogens is 458 g/mol. The number of thiophene rings is 1. The maximum Gasteiger partial charge on any atom is 0.337 e. The molecule has 0 atom stereocenters. The van der Waals surface area contributed by atoms with Gasteiger partial charge in [-0.2, -0.15) is 5.10 Å². The molecule has 0 unspecified atom stereocenters. The second-order valence-electron chi connectivity index (χ2n) is 8.40. The lowest BCUT2D eigenvalue weighted by molar-refractivity contribution is 0.0697. The van der Waals surface area contributed by atoms with Crippen molar-refractivity contribution in [1.29, 1.82) is 0 Å². The van der Waals surface area contributed by atoms with Crippen molar-refractivity contribution in [2.24, 2.45) is 0 Å². The van der Waals surface area contributed by atoms with Gasteiger partial charge in [0.25, 0.3) is 0 Å². The molecule has 5 aromatic rings. The number of nitrogens with one attached hydrogen (secondary N) is 1. The van der Waals surface area contributed by atoms with Crippen molar-refractivity contribution in [2.45, 2.75) is 20.8 Å². The van der Waals surface area contributed by atoms with Crippen LogP contribution in [-0.2, 0) is 0 Å². The highest BCUT2D eigenvalue weighted by Crippen LogP contribution is 2.44. The van der Waals surface area contributed by atoms with Crippen LogP contribution < -0.4 is 10.1 Å². The maximum atomic E-state index is 12.1. The molecule has 0 fully saturated rings. The van der Waals surface area contributed by atoms with Gasteiger partial charge in [0, 0.05) is 9.58 Å². The van der Waals surface area contributed by atoms with Crippen LogP contribution in [0.4, 0.5) is 11.5 Å². The van der Waals surface area contributed by atoms with E-state index in [1.54, 1.807) is 23.5 Å². The van der Waals surface area contributed by atoms with Crippen LogP contribution in [0, 0.1) is 20.8 Å². The Morgan fingerprint density at radius 1 is 1.03 bits per heavy atom. The average Bonchev–Trinajstić information content (AvgIpc) is 3.35. The lowest BCUT2D eigenvalue weighted by atomic mass is 10.1. The molecule has 0 radical (unpaired) electrons. The normalized spacial score (nSPS) is 11.1. The fourth-order valence-corrected chi connectivity index (χ4v) is 5.67. The first-order chi connectivity index (χ1) is 16.9. The predicted octanol–water partition coefficient (Wildman–Crippen LogP) is 7.13. The minimum absolute atomic E-state index is 0.124. The van der Waals surface area contributed by atoms with Gasteiger partial charge in [0.2, 0.25) is 0 Å². The van der Waals surface area contributed by atoms with Gasteiger partial charge < -0.3 is 15.2 Å². The van der Waals surface area contributed by atoms with Crippen LogP contribution >= 0.6 is 11.3 Å². The fourth-order valence-electron chi connectivity index (χ4n) is 4.37. The van der Waals surface area contributed by atoms with Gasteiger partial charge in [-0.3, -0.25) is 0 Å². The van der Waals surface area contributed by atoms with E-state index in [1.165, 1.54) is 28.8 Å². The van der Waals surface area contributed by atoms with E-state index in [-0.39, 0.29) is 5.56 Å². The number of para-hydroxylation sites is 1. The third-order valence-corrected chi connectivity index (χ3v) is 7.48. The highest BCUT2D eigenvalue weighted by molar-refractivity contribution is 7.22. The third-order valence-electron chi connectivity index (χ3n) is 6.19. The number of aryl methyl sites for hydroxylation is 3. The number of methoxy groups -OCH3 is 1. The molecule has 2 N–H and O–H groups in total. The summed E-state index contributed by atoms with van der Waals surface area (Å²) in [4.78, 5) is 13.2. The number of benzene rings is 3. The van der Waals surface area contributed by atoms with Crippen LogP contribution in [-0.4, -0.2) is 28.0 Å². The summed E-state index contributed by atoms with van der Waals surface area (Å²) in [7, 11) is 1.52. The second-order valence-corrected chi connectivity index (χ2v) is 9.45. The number of hydrogen-bond acceptors (Lipinski definition) is 5. The molecule has 0 aliphatic rings. The number of fused-ring (bicyclic) bond motifs is 1. The van der Waals surface area contributed by atoms with Crippen LogP contribution in [0.25, 0.3) is 26.2 Å². The van der Waals surface area contributed by atoms with Crippen LogP contribution in [0.5, 0.6) is 5.75 Å². The van der Waals surface area contributed by atoms with E-state index < -0.39 is 5.97 Å². The molecule has 0 aliphatic carbocycles. The molecule has 0 saturated heterocycles. The van der Waals surface area contributed by atoms with Crippen molar-refractivity contribution in [1.82, 2.24) is 9.78 Å². The molecule has 2 aromatic heterocycles. The molecule has 2 heterocycles. The number of carbonyl (C=O) groups is 1. The molecule has 176 valence electrons. The highest BCUT2D eigenvalue weighted by atomic mass is 32.1. The standard InChI is InChI=1S/C28H25N3O3S/c1-16-9-5-7-11-23(16)31-27(29-22-14-13-19(34-4)15-21(22)28(32)33)25(18(3)30-31)26-17(2)20-10-6-8-12-24(20)35-26/h5-15,29H,1-4H3,(H,32,33). The van der Waals surface area contributed by atoms with Crippen molar-refractivity contribution < 1.29 is 14.6 Å². The number of aromatic nitrogens is 2. The predicted molar refractivity (Wildman–Crippen MR) is 142 cm³/mol. The first kappa shape index (κ1) is 22.7. The monoisotopic (exact) mass is 483 g/mol. The fraction of sp³-hybridized carbons (Fsp3) is 0.143. The van der Waals surface area contributed by atoms with E-state index in [9.17, 15) is 9.90 Å². The van der Waals surface area contributed by atoms with E-state index >= 15 is 0 Å². The Kier molecular flexibility index (Phi) is 5.78. The summed E-state index contributed by atoms with van der Waals surface area (Å²) in [6.45, 7) is 6.15. The molecule has 5 rings (SSSR count). The van der Waals surface area contributed by atoms with Crippen molar-refractivity contribution in [3.8, 4) is 21.9 Å². The second kappa shape index (κ2) is 8.92. The van der Waals surface area contributed by atoms with Crippen LogP contribution in [0.1, 0.15) is 27.2 Å². The first-order valence-electron chi connectivity index (χ1n) is 11.2. The zero-order valence-electron chi connectivity index (χ0n) is 19.9. The molecule has 7 heteroatoms. The number of carboxylic acid groups (broad SMARTS) is 1. The Bertz CT molecular complexity index is 1580. The molecule has 6 nitrogen and oxygen atoms in total. The van der Waals surface area contributed by atoms with Crippen molar-refractivity contribution in [3.63, 3.8) is 0 Å². The largest absolute Gasteiger partial charge is 0.497 e. The smallest absolute Gasteiger partial charge is 0.337 e. The summed E-state index contributed by atoms with van der Waals surface area (Å²) in [5.41, 5.74) is 5.56. The molecule has 0 amide bonds. The summed E-state index contributed by atoms with van der Waals surface area (Å²) in [6.07, 6.45) is 0. The van der Waals surface area contributed by atoms with Gasteiger partial charge in [0.15, 0.2) is 0 Å². The quantitative estimate of drug-likeness (QED) is 0.269. The van der Waals surface area contributed by atoms with Crippen molar-refractivity contribution in [3.05, 3.63) is 89.1 Å². The topological polar surface area (TPSA) is 76.4 Å². The van der Waals surface area contributed by atoms with Gasteiger partial charge in [-0.25, -0.2) is 9.48 Å². The minimum atomic E-state index is -1.04. The van der Waals surface area contributed by atoms with Crippen molar-refractivity contribution >= 4 is 38.9 Å². The third kappa shape index (κ3) is 3.94. The Morgan fingerprint density at radius 3 is 2.49 bits per heavy atom. The van der Waals surface area contributed by atoms with E-state index in [0.717, 1.165) is 33.2 Å². The zero-order chi connectivity index (χ0) is 24.7. The van der Waals surface area contributed by atoms with E-state index in [4.69, 9.17) is 9.84 Å². The Labute approximate surface area is 207 Å². The van der Waals surface area contributed by atoms with E-state index in [1.807, 2.05) is 54.9 Å². The highest BCUT2D eigenvalue weighted by Gasteiger charge is 2.24. The summed E-state index contributed by atoms with van der Waals surface area (Å²) >= 11 is 1.72. The van der Waals surface area contributed by atoms with Gasteiger partial charge in [-0.1, -0.05) is 36.4 Å². The Morgan fingerprint density at radius 2 is 1.77 bits per heavy atom. The van der Waals surface area contributed by atoms with Crippen LogP contribution in [0.2, 0.25) is 0 Å². The van der Waals surface area contributed by atoms with Gasteiger partial charge >= 0.3 is 5.97 Å². The SMILES string of the molecule is COc1ccc(Nc2c(-c3sc4ccccc4c3C)c(C)nn2-c2ccccc2C)c(C(=O)O)c1. The maximum absolute atomic E-state index is 12.1. The summed E-state index contributed by atoms with van der Waals surface area (Å²) in [5.74, 6) is 0.168. The number of ether oxygens (including phenoxy) is 1. The van der Waals surface area contributed by atoms with E-state index in [2.05, 4.69) is 24.4 Å². The number of hydrogen-bond donors (Lipinski definition) is 2. The lowest BCUT2D eigenvalue weighted by Crippen LogP contribution is -2.08. The van der Waals surface area contributed by atoms with Gasteiger partial charge in [0.1, 0.15) is 11.6 Å². The zero-order valence-corrected chi connectivity index (χ0v) is 20.7. The number of rotatable bonds is 6. The summed E-state index contributed by atoms with van der Waals surface area (Å²) in [6, 6.07) is 21.4. The molecule has 0 spiro atoms. The van der Waals surface area contributed by atoms with Crippen molar-refractivity contribution in [2.75, 3.05) is 12.4 Å². The van der Waals surface area contributed by atoms with Crippen LogP contribution in [0.3, 0.4) is 0 Å². The number of nitrogens with zero attached hydrogens (tertiary/aromatic N) is 2. The Hall–Kier alpha value is -4.10. The molecule has 0 bridgehead atoms. The van der Waals surface area contributed by atoms with Gasteiger partial charge in [0.05, 0.1) is 35.3 Å². The molecule has 3 aromatic carbocycles. The number of anilines is 2. The molecule has 0 aliphatic heterocycles. The van der Waals surface area contributed by atoms with Crippen LogP contribution in [0.15, 0.2) is 66.7 Å². The summed E-state index contributed by atoms with van der Waals surface area (Å²) in [5, 5.41) is 19.5. The molecule has 0 saturated carbocycles. The molecule has 35 heavy (non-hydrogen) atoms. The molecular formula is C28H25N3O3S. The number of carboxylic acids is 1. The van der Waals surface area contributed by atoms with Gasteiger partial charge in [-0.05, 0) is 67.6 Å². The van der Waals surface area contributed by atoms with Gasteiger partial charge in [-0.15, -0.1) is 11.3 Å². The number of aromatic carboxylic acids is 1. The first-order valence-corrected chi connectivity index (χ1v) is 12.0.